The van der Waals surface area contributed by atoms with Crippen molar-refractivity contribution in [3.05, 3.63) is 95.0 Å². The third kappa shape index (κ3) is 14.5. The predicted molar refractivity (Wildman–Crippen MR) is 206 cm³/mol. The van der Waals surface area contributed by atoms with Crippen molar-refractivity contribution >= 4 is 46.9 Å². The number of nitrogens with one attached hydrogen (secondary N) is 1. The molecule has 13 N–H and O–H groups in total. The number of carbonyl (C=O) groups excluding carboxylic acids is 4. The molecule has 0 radical (unpaired) electrons. The molecule has 278 valence electrons. The quantitative estimate of drug-likeness (QED) is 0.0454. The number of halogens is 1. The Labute approximate surface area is 309 Å². The highest BCUT2D eigenvalue weighted by molar-refractivity contribution is 6.30. The van der Waals surface area contributed by atoms with Crippen molar-refractivity contribution in [2.24, 2.45) is 56.2 Å². The number of ketones is 2. The number of benzene rings is 3. The Hall–Kier alpha value is -5.27. The third-order valence-corrected chi connectivity index (χ3v) is 8.92. The highest BCUT2D eigenvalue weighted by Crippen LogP contribution is 2.22. The molecular formula is C38H50ClN9O4. The van der Waals surface area contributed by atoms with Gasteiger partial charge in [-0.05, 0) is 72.9 Å². The number of rotatable bonds is 22. The van der Waals surface area contributed by atoms with E-state index < -0.39 is 41.5 Å². The first-order chi connectivity index (χ1) is 24.8. The summed E-state index contributed by atoms with van der Waals surface area (Å²) in [6.45, 7) is 0.509. The molecule has 0 aliphatic carbocycles. The van der Waals surface area contributed by atoms with Crippen LogP contribution < -0.4 is 39.7 Å². The van der Waals surface area contributed by atoms with Crippen LogP contribution in [-0.2, 0) is 32.0 Å². The average molecular weight is 732 g/mol. The van der Waals surface area contributed by atoms with Crippen LogP contribution in [0, 0.1) is 11.8 Å². The molecule has 14 heteroatoms. The number of hydrogen-bond acceptors (Lipinski definition) is 7. The molecule has 0 aromatic heterocycles. The van der Waals surface area contributed by atoms with Gasteiger partial charge in [-0.25, -0.2) is 0 Å². The number of carbonyl (C=O) groups is 4. The molecule has 3 aromatic rings. The minimum absolute atomic E-state index is 0.0813. The highest BCUT2D eigenvalue weighted by Gasteiger charge is 2.31. The predicted octanol–water partition coefficient (Wildman–Crippen LogP) is 2.35. The molecule has 0 heterocycles. The van der Waals surface area contributed by atoms with E-state index in [1.807, 2.05) is 54.6 Å². The fraction of sp³-hybridized carbons (Fsp3) is 0.368. The van der Waals surface area contributed by atoms with E-state index in [4.69, 9.17) is 46.0 Å². The van der Waals surface area contributed by atoms with Crippen molar-refractivity contribution in [1.82, 2.24) is 5.32 Å². The van der Waals surface area contributed by atoms with Crippen molar-refractivity contribution in [1.29, 1.82) is 0 Å². The molecular weight excluding hydrogens is 682 g/mol. The van der Waals surface area contributed by atoms with Crippen molar-refractivity contribution in [3.8, 4) is 11.1 Å². The molecule has 0 fully saturated rings. The van der Waals surface area contributed by atoms with Gasteiger partial charge in [0.05, 0.1) is 12.1 Å². The van der Waals surface area contributed by atoms with Gasteiger partial charge < -0.3 is 39.7 Å². The van der Waals surface area contributed by atoms with Gasteiger partial charge in [0.2, 0.25) is 11.8 Å². The topological polar surface area (TPSA) is 261 Å². The van der Waals surface area contributed by atoms with E-state index in [9.17, 15) is 19.2 Å². The second kappa shape index (κ2) is 21.2. The summed E-state index contributed by atoms with van der Waals surface area (Å²) in [7, 11) is 0. The molecule has 0 aliphatic heterocycles. The summed E-state index contributed by atoms with van der Waals surface area (Å²) in [5.41, 5.74) is 37.5. The maximum Gasteiger partial charge on any atom is 0.224 e. The minimum atomic E-state index is -1.03. The van der Waals surface area contributed by atoms with E-state index in [1.54, 1.807) is 24.3 Å². The summed E-state index contributed by atoms with van der Waals surface area (Å²) in [6.07, 6.45) is 1.38. The summed E-state index contributed by atoms with van der Waals surface area (Å²) < 4.78 is 0. The summed E-state index contributed by atoms with van der Waals surface area (Å²) in [5, 5.41) is 3.37. The summed E-state index contributed by atoms with van der Waals surface area (Å²) >= 11 is 6.08. The first-order valence-corrected chi connectivity index (χ1v) is 17.6. The second-order valence-corrected chi connectivity index (χ2v) is 13.2. The Balaban J connectivity index is 1.77. The van der Waals surface area contributed by atoms with Crippen LogP contribution in [-0.4, -0.2) is 60.5 Å². The van der Waals surface area contributed by atoms with Crippen molar-refractivity contribution in [3.63, 3.8) is 0 Å². The van der Waals surface area contributed by atoms with Gasteiger partial charge in [0.15, 0.2) is 23.5 Å². The van der Waals surface area contributed by atoms with Gasteiger partial charge in [-0.2, -0.15) is 0 Å². The fourth-order valence-electron chi connectivity index (χ4n) is 5.76. The van der Waals surface area contributed by atoms with Crippen LogP contribution in [0.4, 0.5) is 0 Å². The van der Waals surface area contributed by atoms with Crippen LogP contribution in [0.5, 0.6) is 0 Å². The Morgan fingerprint density at radius 3 is 1.69 bits per heavy atom. The lowest BCUT2D eigenvalue weighted by Crippen LogP contribution is -2.47. The lowest BCUT2D eigenvalue weighted by Gasteiger charge is -2.24. The van der Waals surface area contributed by atoms with E-state index >= 15 is 0 Å². The molecule has 3 rings (SSSR count). The number of Topliss-reactive ketones (excluding diaryl/α,β-unsaturated/α-hetero) is 2. The third-order valence-electron chi connectivity index (χ3n) is 8.67. The van der Waals surface area contributed by atoms with E-state index in [2.05, 4.69) is 15.3 Å². The zero-order valence-electron chi connectivity index (χ0n) is 29.3. The van der Waals surface area contributed by atoms with Crippen molar-refractivity contribution in [2.75, 3.05) is 13.1 Å². The largest absolute Gasteiger partial charge is 0.370 e. The maximum atomic E-state index is 13.9. The lowest BCUT2D eigenvalue weighted by molar-refractivity contribution is -0.134. The summed E-state index contributed by atoms with van der Waals surface area (Å²) in [6, 6.07) is 22.7. The van der Waals surface area contributed by atoms with E-state index in [0.29, 0.717) is 17.9 Å². The smallest absolute Gasteiger partial charge is 0.224 e. The lowest BCUT2D eigenvalue weighted by atomic mass is 9.89. The van der Waals surface area contributed by atoms with Gasteiger partial charge >= 0.3 is 0 Å². The molecule has 4 atom stereocenters. The number of hydrogen-bond donors (Lipinski definition) is 7. The first-order valence-electron chi connectivity index (χ1n) is 17.2. The number of aliphatic imine (C=N–C) groups is 2. The van der Waals surface area contributed by atoms with Gasteiger partial charge in [0, 0.05) is 42.8 Å². The zero-order chi connectivity index (χ0) is 38.0. The van der Waals surface area contributed by atoms with Gasteiger partial charge in [0.1, 0.15) is 0 Å². The van der Waals surface area contributed by atoms with Gasteiger partial charge in [-0.3, -0.25) is 29.2 Å². The van der Waals surface area contributed by atoms with Crippen LogP contribution in [0.25, 0.3) is 11.1 Å². The first kappa shape index (κ1) is 41.2. The monoisotopic (exact) mass is 731 g/mol. The maximum absolute atomic E-state index is 13.9. The molecule has 0 unspecified atom stereocenters. The minimum Gasteiger partial charge on any atom is -0.370 e. The molecule has 3 aromatic carbocycles. The molecule has 13 nitrogen and oxygen atoms in total. The zero-order valence-corrected chi connectivity index (χ0v) is 30.0. The molecule has 52 heavy (non-hydrogen) atoms. The van der Waals surface area contributed by atoms with E-state index in [1.165, 1.54) is 0 Å². The van der Waals surface area contributed by atoms with Gasteiger partial charge in [0.25, 0.3) is 0 Å². The normalized spacial score (nSPS) is 13.2. The Morgan fingerprint density at radius 1 is 0.635 bits per heavy atom. The summed E-state index contributed by atoms with van der Waals surface area (Å²) in [4.78, 5) is 61.4. The number of nitrogens with two attached hydrogens (primary N) is 6. The Morgan fingerprint density at radius 2 is 1.13 bits per heavy atom. The Bertz CT molecular complexity index is 1670. The molecule has 0 spiro atoms. The number of amides is 2. The summed E-state index contributed by atoms with van der Waals surface area (Å²) in [5.74, 6) is -3.66. The SMILES string of the molecule is NC(=O)[C@H](CCCN=C(N)N)CC(=O)[C@H](Cc1ccc(Cl)cc1)NC(=O)[C@H](CCCN=C(N)N)CC(=O)[C@@H](N)Cc1ccc(-c2ccccc2)cc1. The molecule has 0 saturated heterocycles. The van der Waals surface area contributed by atoms with Gasteiger partial charge in [-0.1, -0.05) is 78.3 Å². The van der Waals surface area contributed by atoms with Gasteiger partial charge in [-0.15, -0.1) is 0 Å². The van der Waals surface area contributed by atoms with Crippen molar-refractivity contribution < 1.29 is 19.2 Å². The molecule has 0 saturated carbocycles. The standard InChI is InChI=1S/C38H50ClN9O4/c39-30-16-12-25(13-17-30)21-32(34(50)22-28(35(41)51)8-4-18-46-37(42)43)48-36(52)29(9-5-19-47-38(44)45)23-33(49)31(40)20-24-10-14-27(15-11-24)26-6-2-1-3-7-26/h1-3,6-7,10-17,28-29,31-32H,4-5,8-9,18-23,40H2,(H2,41,51)(H,48,52)(H4,42,43,46)(H4,44,45,47)/t28-,29-,31+,32+/m1/s1. The number of guanidine groups is 2. The van der Waals surface area contributed by atoms with Crippen LogP contribution in [0.15, 0.2) is 88.8 Å². The fourth-order valence-corrected chi connectivity index (χ4v) is 5.89. The number of nitrogens with zero attached hydrogens (tertiary/aromatic N) is 2. The Kier molecular flexibility index (Phi) is 16.8. The molecule has 0 bridgehead atoms. The van der Waals surface area contributed by atoms with E-state index in [0.717, 1.165) is 22.3 Å². The van der Waals surface area contributed by atoms with E-state index in [-0.39, 0.29) is 69.3 Å². The van der Waals surface area contributed by atoms with Crippen LogP contribution in [0.2, 0.25) is 5.02 Å². The average Bonchev–Trinajstić information content (AvgIpc) is 3.11. The second-order valence-electron chi connectivity index (χ2n) is 12.8. The highest BCUT2D eigenvalue weighted by atomic mass is 35.5. The molecule has 2 amide bonds. The van der Waals surface area contributed by atoms with Crippen LogP contribution in [0.1, 0.15) is 49.7 Å². The van der Waals surface area contributed by atoms with Crippen LogP contribution >= 0.6 is 11.6 Å². The molecule has 0 aliphatic rings. The number of primary amides is 1. The van der Waals surface area contributed by atoms with Crippen molar-refractivity contribution in [2.45, 2.75) is 63.5 Å². The van der Waals surface area contributed by atoms with Crippen LogP contribution in [0.3, 0.4) is 0 Å².